The van der Waals surface area contributed by atoms with Crippen LogP contribution in [-0.4, -0.2) is 31.7 Å². The number of rotatable bonds is 6. The molecule has 0 aromatic rings. The molecule has 2 unspecified atom stereocenters. The lowest BCUT2D eigenvalue weighted by molar-refractivity contribution is 0.489. The van der Waals surface area contributed by atoms with Crippen LogP contribution < -0.4 is 16.4 Å². The van der Waals surface area contributed by atoms with Gasteiger partial charge in [-0.3, -0.25) is 0 Å². The fourth-order valence-electron chi connectivity index (χ4n) is 0.820. The molecule has 0 aliphatic carbocycles. The Kier molecular flexibility index (Phi) is 6.51. The Morgan fingerprint density at radius 2 is 1.91 bits per heavy atom. The van der Waals surface area contributed by atoms with E-state index in [1.807, 2.05) is 6.92 Å². The van der Waals surface area contributed by atoms with E-state index in [2.05, 4.69) is 24.5 Å². The van der Waals surface area contributed by atoms with Crippen molar-refractivity contribution in [1.29, 1.82) is 0 Å². The molecule has 3 heteroatoms. The molecular weight excluding hydrogens is 138 g/mol. The van der Waals surface area contributed by atoms with Gasteiger partial charge in [0, 0.05) is 25.2 Å². The van der Waals surface area contributed by atoms with E-state index in [9.17, 15) is 0 Å². The summed E-state index contributed by atoms with van der Waals surface area (Å²) in [5, 5.41) is 6.60. The van der Waals surface area contributed by atoms with E-state index in [0.29, 0.717) is 6.04 Å². The second kappa shape index (κ2) is 6.58. The molecule has 0 radical (unpaired) electrons. The van der Waals surface area contributed by atoms with Crippen LogP contribution in [0.15, 0.2) is 0 Å². The number of hydrogen-bond acceptors (Lipinski definition) is 3. The second-order valence-electron chi connectivity index (χ2n) is 3.09. The monoisotopic (exact) mass is 159 g/mol. The molecule has 0 aromatic carbocycles. The summed E-state index contributed by atoms with van der Waals surface area (Å²) in [5.74, 6) is 0. The summed E-state index contributed by atoms with van der Waals surface area (Å²) >= 11 is 0. The molecule has 0 heterocycles. The molecule has 0 aromatic heterocycles. The minimum absolute atomic E-state index is 0.249. The van der Waals surface area contributed by atoms with Crippen LogP contribution in [0.3, 0.4) is 0 Å². The van der Waals surface area contributed by atoms with Crippen LogP contribution >= 0.6 is 0 Å². The average molecular weight is 159 g/mol. The van der Waals surface area contributed by atoms with Crippen LogP contribution in [0.1, 0.15) is 20.8 Å². The molecule has 0 bridgehead atoms. The van der Waals surface area contributed by atoms with E-state index in [0.717, 1.165) is 19.6 Å². The van der Waals surface area contributed by atoms with Gasteiger partial charge in [-0.2, -0.15) is 0 Å². The fraction of sp³-hybridized carbons (Fsp3) is 1.00. The minimum Gasteiger partial charge on any atom is -0.327 e. The summed E-state index contributed by atoms with van der Waals surface area (Å²) in [6, 6.07) is 0.764. The average Bonchev–Trinajstić information content (AvgIpc) is 1.97. The van der Waals surface area contributed by atoms with Gasteiger partial charge in [0.2, 0.25) is 0 Å². The number of hydrogen-bond donors (Lipinski definition) is 3. The Labute approximate surface area is 69.7 Å². The van der Waals surface area contributed by atoms with E-state index in [-0.39, 0.29) is 6.04 Å². The summed E-state index contributed by atoms with van der Waals surface area (Å²) in [6.45, 7) is 9.22. The highest BCUT2D eigenvalue weighted by molar-refractivity contribution is 4.66. The van der Waals surface area contributed by atoms with Crippen molar-refractivity contribution in [2.24, 2.45) is 5.73 Å². The first-order chi connectivity index (χ1) is 5.16. The maximum Gasteiger partial charge on any atom is 0.0164 e. The lowest BCUT2D eigenvalue weighted by Crippen LogP contribution is -2.41. The normalized spacial score (nSPS) is 16.4. The molecule has 68 valence electrons. The molecule has 4 N–H and O–H groups in total. The molecular formula is C8H21N3. The van der Waals surface area contributed by atoms with Crippen LogP contribution in [0.2, 0.25) is 0 Å². The quantitative estimate of drug-likeness (QED) is 0.508. The van der Waals surface area contributed by atoms with Crippen LogP contribution in [0.4, 0.5) is 0 Å². The standard InChI is InChI=1S/C8H21N3/c1-4-10-6-8(3)11-5-7(2)9/h7-8,10-11H,4-6,9H2,1-3H3. The zero-order chi connectivity index (χ0) is 8.69. The second-order valence-corrected chi connectivity index (χ2v) is 3.09. The van der Waals surface area contributed by atoms with E-state index in [1.165, 1.54) is 0 Å². The predicted octanol–water partition coefficient (Wildman–Crippen LogP) is -0.0788. The molecule has 0 saturated carbocycles. The molecule has 0 rings (SSSR count). The maximum atomic E-state index is 5.59. The first-order valence-corrected chi connectivity index (χ1v) is 4.36. The topological polar surface area (TPSA) is 50.1 Å². The van der Waals surface area contributed by atoms with Gasteiger partial charge in [-0.05, 0) is 20.4 Å². The maximum absolute atomic E-state index is 5.59. The molecule has 3 nitrogen and oxygen atoms in total. The third kappa shape index (κ3) is 7.78. The Bertz CT molecular complexity index is 83.4. The van der Waals surface area contributed by atoms with Gasteiger partial charge in [0.25, 0.3) is 0 Å². The molecule has 0 aliphatic heterocycles. The van der Waals surface area contributed by atoms with Crippen molar-refractivity contribution in [3.05, 3.63) is 0 Å². The summed E-state index contributed by atoms with van der Waals surface area (Å²) in [7, 11) is 0. The SMILES string of the molecule is CCNCC(C)NCC(C)N. The van der Waals surface area contributed by atoms with Crippen LogP contribution in [0, 0.1) is 0 Å². The van der Waals surface area contributed by atoms with E-state index in [4.69, 9.17) is 5.73 Å². The zero-order valence-corrected chi connectivity index (χ0v) is 7.85. The highest BCUT2D eigenvalue weighted by Crippen LogP contribution is 1.79. The number of nitrogens with two attached hydrogens (primary N) is 1. The largest absolute Gasteiger partial charge is 0.327 e. The van der Waals surface area contributed by atoms with Crippen molar-refractivity contribution >= 4 is 0 Å². The number of likely N-dealkylation sites (N-methyl/N-ethyl adjacent to an activating group) is 1. The van der Waals surface area contributed by atoms with Crippen molar-refractivity contribution in [3.63, 3.8) is 0 Å². The van der Waals surface area contributed by atoms with E-state index >= 15 is 0 Å². The highest BCUT2D eigenvalue weighted by atomic mass is 15.0. The lowest BCUT2D eigenvalue weighted by atomic mass is 10.3. The molecule has 0 aliphatic rings. The Morgan fingerprint density at radius 1 is 1.27 bits per heavy atom. The third-order valence-electron chi connectivity index (χ3n) is 1.49. The van der Waals surface area contributed by atoms with E-state index in [1.54, 1.807) is 0 Å². The summed E-state index contributed by atoms with van der Waals surface area (Å²) in [4.78, 5) is 0. The van der Waals surface area contributed by atoms with Gasteiger partial charge in [-0.15, -0.1) is 0 Å². The summed E-state index contributed by atoms with van der Waals surface area (Å²) in [5.41, 5.74) is 5.59. The van der Waals surface area contributed by atoms with Gasteiger partial charge in [0.05, 0.1) is 0 Å². The minimum atomic E-state index is 0.249. The van der Waals surface area contributed by atoms with E-state index < -0.39 is 0 Å². The van der Waals surface area contributed by atoms with Crippen LogP contribution in [0.25, 0.3) is 0 Å². The third-order valence-corrected chi connectivity index (χ3v) is 1.49. The van der Waals surface area contributed by atoms with Gasteiger partial charge in [-0.25, -0.2) is 0 Å². The van der Waals surface area contributed by atoms with Crippen molar-refractivity contribution in [3.8, 4) is 0 Å². The van der Waals surface area contributed by atoms with Crippen molar-refractivity contribution in [1.82, 2.24) is 10.6 Å². The molecule has 0 saturated heterocycles. The predicted molar refractivity (Wildman–Crippen MR) is 49.7 cm³/mol. The molecule has 11 heavy (non-hydrogen) atoms. The molecule has 0 spiro atoms. The van der Waals surface area contributed by atoms with Gasteiger partial charge in [0.15, 0.2) is 0 Å². The van der Waals surface area contributed by atoms with Crippen molar-refractivity contribution < 1.29 is 0 Å². The molecule has 0 fully saturated rings. The lowest BCUT2D eigenvalue weighted by Gasteiger charge is -2.15. The molecule has 2 atom stereocenters. The summed E-state index contributed by atoms with van der Waals surface area (Å²) in [6.07, 6.45) is 0. The Hall–Kier alpha value is -0.120. The first-order valence-electron chi connectivity index (χ1n) is 4.36. The summed E-state index contributed by atoms with van der Waals surface area (Å²) < 4.78 is 0. The van der Waals surface area contributed by atoms with Crippen LogP contribution in [-0.2, 0) is 0 Å². The zero-order valence-electron chi connectivity index (χ0n) is 7.85. The first kappa shape index (κ1) is 10.9. The molecule has 0 amide bonds. The van der Waals surface area contributed by atoms with Crippen LogP contribution in [0.5, 0.6) is 0 Å². The van der Waals surface area contributed by atoms with Crippen molar-refractivity contribution in [2.75, 3.05) is 19.6 Å². The number of nitrogens with one attached hydrogen (secondary N) is 2. The fourth-order valence-corrected chi connectivity index (χ4v) is 0.820. The Morgan fingerprint density at radius 3 is 2.36 bits per heavy atom. The smallest absolute Gasteiger partial charge is 0.0164 e. The van der Waals surface area contributed by atoms with Crippen molar-refractivity contribution in [2.45, 2.75) is 32.9 Å². The highest BCUT2D eigenvalue weighted by Gasteiger charge is 2.00. The van der Waals surface area contributed by atoms with Gasteiger partial charge < -0.3 is 16.4 Å². The van der Waals surface area contributed by atoms with Gasteiger partial charge in [-0.1, -0.05) is 6.92 Å². The van der Waals surface area contributed by atoms with Gasteiger partial charge >= 0.3 is 0 Å². The van der Waals surface area contributed by atoms with Gasteiger partial charge in [0.1, 0.15) is 0 Å². The Balaban J connectivity index is 3.15.